The van der Waals surface area contributed by atoms with Crippen LogP contribution in [0.4, 0.5) is 57.1 Å². The molecule has 0 spiro atoms. The van der Waals surface area contributed by atoms with E-state index in [1.54, 1.807) is 0 Å². The summed E-state index contributed by atoms with van der Waals surface area (Å²) in [5, 5.41) is -3.63. The summed E-state index contributed by atoms with van der Waals surface area (Å²) < 4.78 is 207. The second-order valence-corrected chi connectivity index (χ2v) is 10.0. The fourth-order valence-electron chi connectivity index (χ4n) is 2.51. The number of aromatic nitrogens is 2. The summed E-state index contributed by atoms with van der Waals surface area (Å²) in [5.41, 5.74) is 0. The van der Waals surface area contributed by atoms with Crippen molar-refractivity contribution in [2.24, 2.45) is 7.05 Å². The number of rotatable bonds is 11. The fraction of sp³-hybridized carbons (Fsp3) is 0.800. The quantitative estimate of drug-likeness (QED) is 0.167. The lowest BCUT2D eigenvalue weighted by molar-refractivity contribution is -0.709. The van der Waals surface area contributed by atoms with E-state index in [1.165, 1.54) is 0 Å². The Morgan fingerprint density at radius 3 is 1.80 bits per heavy atom. The van der Waals surface area contributed by atoms with Crippen molar-refractivity contribution in [2.75, 3.05) is 5.75 Å². The maximum Gasteiger partial charge on any atom is 0.460 e. The summed E-state index contributed by atoms with van der Waals surface area (Å²) in [7, 11) is -3.61. The number of thioether (sulfide) groups is 1. The minimum atomic E-state index is -7.98. The third-order valence-corrected chi connectivity index (χ3v) is 6.73. The molecule has 0 bridgehead atoms. The second-order valence-electron chi connectivity index (χ2n) is 7.18. The van der Waals surface area contributed by atoms with E-state index in [4.69, 9.17) is 0 Å². The van der Waals surface area contributed by atoms with Crippen LogP contribution >= 0.6 is 11.8 Å². The summed E-state index contributed by atoms with van der Waals surface area (Å²) in [6.45, 7) is -0.320. The molecule has 0 amide bonds. The van der Waals surface area contributed by atoms with Gasteiger partial charge in [-0.3, -0.25) is 0 Å². The maximum absolute atomic E-state index is 14.3. The van der Waals surface area contributed by atoms with E-state index in [0.29, 0.717) is 0 Å². The Morgan fingerprint density at radius 1 is 0.914 bits per heavy atom. The number of alkyl halides is 13. The van der Waals surface area contributed by atoms with Gasteiger partial charge in [-0.25, -0.2) is 17.6 Å². The zero-order valence-corrected chi connectivity index (χ0v) is 18.8. The van der Waals surface area contributed by atoms with Gasteiger partial charge in [0.25, 0.3) is 0 Å². The SMILES string of the molecule is CC(Sc1n(CCCS(=O)(=O)[O-])cc[n+]1C)C(F)(F)C(F)(F)C(F)(F)C(F)(F)C(F)(F)C(F)(F)F. The molecule has 0 saturated heterocycles. The van der Waals surface area contributed by atoms with E-state index < -0.39 is 75.0 Å². The standard InChI is InChI=1S/C15H15F13N2O3S2/c1-8(34-9-29(2)5-6-30(9)4-3-7-35(31,32)33)10(16,17)11(18,19)12(20,21)13(22,23)14(24,25)15(26,27)28/h5-6,8H,3-4,7H2,1-2H3. The van der Waals surface area contributed by atoms with Gasteiger partial charge < -0.3 is 4.55 Å². The van der Waals surface area contributed by atoms with Crippen LogP contribution in [0.1, 0.15) is 13.3 Å². The third kappa shape index (κ3) is 5.62. The van der Waals surface area contributed by atoms with Crippen molar-refractivity contribution >= 4 is 21.9 Å². The molecule has 0 aliphatic rings. The first kappa shape index (κ1) is 31.6. The average Bonchev–Trinajstić information content (AvgIpc) is 2.98. The topological polar surface area (TPSA) is 66.0 Å². The van der Waals surface area contributed by atoms with Crippen molar-refractivity contribution in [2.45, 2.75) is 66.1 Å². The first-order valence-corrected chi connectivity index (χ1v) is 11.3. The van der Waals surface area contributed by atoms with E-state index in [-0.39, 0.29) is 18.7 Å². The van der Waals surface area contributed by atoms with Gasteiger partial charge in [-0.1, -0.05) is 0 Å². The minimum Gasteiger partial charge on any atom is -0.748 e. The van der Waals surface area contributed by atoms with Crippen molar-refractivity contribution in [3.8, 4) is 0 Å². The molecule has 35 heavy (non-hydrogen) atoms. The molecule has 0 radical (unpaired) electrons. The summed E-state index contributed by atoms with van der Waals surface area (Å²) >= 11 is -0.385. The number of nitrogens with zero attached hydrogens (tertiary/aromatic N) is 2. The van der Waals surface area contributed by atoms with Gasteiger partial charge in [0.05, 0.1) is 29.0 Å². The molecule has 0 aliphatic heterocycles. The van der Waals surface area contributed by atoms with Crippen LogP contribution in [0.2, 0.25) is 0 Å². The molecule has 1 aromatic rings. The monoisotopic (exact) mass is 582 g/mol. The van der Waals surface area contributed by atoms with Gasteiger partial charge in [-0.05, 0) is 25.1 Å². The van der Waals surface area contributed by atoms with Crippen LogP contribution in [0.5, 0.6) is 0 Å². The summed E-state index contributed by atoms with van der Waals surface area (Å²) in [6, 6.07) is 0. The van der Waals surface area contributed by atoms with Gasteiger partial charge in [-0.2, -0.15) is 57.1 Å². The molecule has 1 heterocycles. The lowest BCUT2D eigenvalue weighted by atomic mass is 9.93. The molecule has 0 N–H and O–H groups in total. The van der Waals surface area contributed by atoms with E-state index in [9.17, 15) is 70.0 Å². The van der Waals surface area contributed by atoms with E-state index in [2.05, 4.69) is 0 Å². The van der Waals surface area contributed by atoms with E-state index in [0.717, 1.165) is 28.6 Å². The Balaban J connectivity index is 3.33. The second kappa shape index (κ2) is 9.46. The van der Waals surface area contributed by atoms with Gasteiger partial charge in [0, 0.05) is 5.75 Å². The van der Waals surface area contributed by atoms with E-state index in [1.807, 2.05) is 0 Å². The van der Waals surface area contributed by atoms with Crippen LogP contribution in [0.15, 0.2) is 17.6 Å². The molecule has 0 aliphatic carbocycles. The Bertz CT molecular complexity index is 1010. The predicted molar refractivity (Wildman–Crippen MR) is 90.9 cm³/mol. The van der Waals surface area contributed by atoms with Crippen LogP contribution in [0.3, 0.4) is 0 Å². The molecule has 206 valence electrons. The summed E-state index contributed by atoms with van der Waals surface area (Å²) in [5.74, 6) is -38.3. The van der Waals surface area contributed by atoms with Gasteiger partial charge in [0.15, 0.2) is 0 Å². The fourth-order valence-corrected chi connectivity index (χ4v) is 4.12. The molecular formula is C15H15F13N2O3S2. The Labute approximate surface area is 193 Å². The highest BCUT2D eigenvalue weighted by atomic mass is 32.2. The number of imidazole rings is 1. The van der Waals surface area contributed by atoms with E-state index >= 15 is 0 Å². The first-order chi connectivity index (χ1) is 15.3. The molecule has 1 aromatic heterocycles. The van der Waals surface area contributed by atoms with Gasteiger partial charge >= 0.3 is 40.9 Å². The van der Waals surface area contributed by atoms with Crippen molar-refractivity contribution in [3.05, 3.63) is 12.4 Å². The van der Waals surface area contributed by atoms with Crippen LogP contribution in [0.25, 0.3) is 0 Å². The highest BCUT2D eigenvalue weighted by Crippen LogP contribution is 2.61. The summed E-state index contributed by atoms with van der Waals surface area (Å²) in [4.78, 5) is 0. The highest BCUT2D eigenvalue weighted by molar-refractivity contribution is 7.99. The first-order valence-electron chi connectivity index (χ1n) is 8.86. The molecule has 5 nitrogen and oxygen atoms in total. The molecule has 0 saturated carbocycles. The van der Waals surface area contributed by atoms with Crippen LogP contribution in [-0.2, 0) is 23.7 Å². The highest BCUT2D eigenvalue weighted by Gasteiger charge is 2.91. The van der Waals surface area contributed by atoms with Crippen molar-refractivity contribution in [1.82, 2.24) is 4.57 Å². The molecule has 1 unspecified atom stereocenters. The lowest BCUT2D eigenvalue weighted by Crippen LogP contribution is -2.71. The van der Waals surface area contributed by atoms with Gasteiger partial charge in [-0.15, -0.1) is 0 Å². The minimum absolute atomic E-state index is 0.0914. The van der Waals surface area contributed by atoms with Crippen molar-refractivity contribution in [3.63, 3.8) is 0 Å². The zero-order chi connectivity index (χ0) is 28.1. The molecule has 1 atom stereocenters. The van der Waals surface area contributed by atoms with Crippen molar-refractivity contribution in [1.29, 1.82) is 0 Å². The third-order valence-electron chi connectivity index (χ3n) is 4.56. The van der Waals surface area contributed by atoms with Crippen LogP contribution < -0.4 is 4.57 Å². The number of hydrogen-bond donors (Lipinski definition) is 0. The molecule has 1 rings (SSSR count). The molecule has 0 aromatic carbocycles. The molecular weight excluding hydrogens is 567 g/mol. The Hall–Kier alpha value is -1.44. The van der Waals surface area contributed by atoms with Gasteiger partial charge in [0.1, 0.15) is 12.4 Å². The van der Waals surface area contributed by atoms with Crippen molar-refractivity contribution < 1.29 is 74.6 Å². The Kier molecular flexibility index (Phi) is 8.54. The average molecular weight is 582 g/mol. The number of halogens is 13. The number of aryl methyl sites for hydroxylation is 2. The van der Waals surface area contributed by atoms with Gasteiger partial charge in [0.2, 0.25) is 0 Å². The zero-order valence-electron chi connectivity index (χ0n) is 17.2. The van der Waals surface area contributed by atoms with Crippen LogP contribution in [-0.4, -0.2) is 64.3 Å². The molecule has 20 heteroatoms. The number of hydrogen-bond acceptors (Lipinski definition) is 4. The largest absolute Gasteiger partial charge is 0.748 e. The smallest absolute Gasteiger partial charge is 0.460 e. The van der Waals surface area contributed by atoms with Crippen LogP contribution in [0, 0.1) is 0 Å². The molecule has 0 fully saturated rings. The lowest BCUT2D eigenvalue weighted by Gasteiger charge is -2.40. The summed E-state index contributed by atoms with van der Waals surface area (Å²) in [6.07, 6.45) is -5.79. The normalized spacial score (nSPS) is 16.0. The predicted octanol–water partition coefficient (Wildman–Crippen LogP) is 4.47. The Morgan fingerprint density at radius 2 is 1.37 bits per heavy atom. The maximum atomic E-state index is 14.3.